The highest BCUT2D eigenvalue weighted by Gasteiger charge is 2.36. The molecular formula is C13H21NO2. The molecule has 1 aliphatic rings. The van der Waals surface area contributed by atoms with Crippen LogP contribution in [0.3, 0.4) is 0 Å². The topological polar surface area (TPSA) is 46.5 Å². The second kappa shape index (κ2) is 5.37. The van der Waals surface area contributed by atoms with Gasteiger partial charge < -0.3 is 0 Å². The summed E-state index contributed by atoms with van der Waals surface area (Å²) in [4.78, 5) is 27.4. The Bertz CT molecular complexity index is 316. The molecule has 90 valence electrons. The minimum atomic E-state index is -0.484. The molecule has 1 atom stereocenters. The lowest BCUT2D eigenvalue weighted by Gasteiger charge is -2.09. The number of carbonyl (C=O) groups excluding carboxylic acids is 2. The van der Waals surface area contributed by atoms with E-state index in [2.05, 4.69) is 18.8 Å². The van der Waals surface area contributed by atoms with Gasteiger partial charge in [0.1, 0.15) is 5.92 Å². The van der Waals surface area contributed by atoms with Crippen LogP contribution in [-0.2, 0) is 9.59 Å². The number of hydrogen-bond acceptors (Lipinski definition) is 2. The van der Waals surface area contributed by atoms with Gasteiger partial charge in [0.05, 0.1) is 5.71 Å². The van der Waals surface area contributed by atoms with Gasteiger partial charge >= 0.3 is 0 Å². The second-order valence-corrected chi connectivity index (χ2v) is 5.38. The molecule has 0 radical (unpaired) electrons. The number of amides is 1. The number of Topliss-reactive ketones (excluding diaryl/α,β-unsaturated/α-hetero) is 1. The van der Waals surface area contributed by atoms with E-state index in [4.69, 9.17) is 0 Å². The van der Waals surface area contributed by atoms with Crippen LogP contribution >= 0.6 is 0 Å². The molecule has 1 amide bonds. The summed E-state index contributed by atoms with van der Waals surface area (Å²) in [5.41, 5.74) is 0.504. The van der Waals surface area contributed by atoms with E-state index in [0.29, 0.717) is 30.4 Å². The quantitative estimate of drug-likeness (QED) is 0.673. The highest BCUT2D eigenvalue weighted by Crippen LogP contribution is 2.22. The van der Waals surface area contributed by atoms with Gasteiger partial charge in [-0.3, -0.25) is 9.59 Å². The highest BCUT2D eigenvalue weighted by atomic mass is 16.2. The van der Waals surface area contributed by atoms with E-state index in [-0.39, 0.29) is 11.7 Å². The standard InChI is InChI=1S/C13H21NO2/c1-8(2)5-6-11-12(15)10(7-9(3)4)13(16)14-11/h8-10H,5-7H2,1-4H3. The third-order valence-electron chi connectivity index (χ3n) is 2.81. The average Bonchev–Trinajstić information content (AvgIpc) is 2.42. The lowest BCUT2D eigenvalue weighted by Crippen LogP contribution is -2.22. The maximum absolute atomic E-state index is 11.9. The van der Waals surface area contributed by atoms with Crippen LogP contribution in [0.15, 0.2) is 4.99 Å². The van der Waals surface area contributed by atoms with Gasteiger partial charge in [0, 0.05) is 0 Å². The summed E-state index contributed by atoms with van der Waals surface area (Å²) in [7, 11) is 0. The summed E-state index contributed by atoms with van der Waals surface area (Å²) in [5.74, 6) is 0.159. The number of nitrogens with zero attached hydrogens (tertiary/aromatic N) is 1. The Balaban J connectivity index is 2.60. The normalized spacial score (nSPS) is 21.1. The number of ketones is 1. The molecule has 0 aromatic carbocycles. The van der Waals surface area contributed by atoms with Crippen LogP contribution < -0.4 is 0 Å². The van der Waals surface area contributed by atoms with Crippen molar-refractivity contribution in [1.29, 1.82) is 0 Å². The van der Waals surface area contributed by atoms with Gasteiger partial charge in [-0.25, -0.2) is 4.99 Å². The Kier molecular flexibility index (Phi) is 4.39. The molecule has 0 aromatic heterocycles. The van der Waals surface area contributed by atoms with E-state index in [1.54, 1.807) is 0 Å². The van der Waals surface area contributed by atoms with Crippen molar-refractivity contribution in [3.05, 3.63) is 0 Å². The minimum Gasteiger partial charge on any atom is -0.292 e. The Hall–Kier alpha value is -0.990. The van der Waals surface area contributed by atoms with Gasteiger partial charge in [-0.1, -0.05) is 27.7 Å². The molecule has 0 aromatic rings. The van der Waals surface area contributed by atoms with Crippen molar-refractivity contribution < 1.29 is 9.59 Å². The van der Waals surface area contributed by atoms with Crippen molar-refractivity contribution in [3.8, 4) is 0 Å². The fourth-order valence-corrected chi connectivity index (χ4v) is 1.86. The van der Waals surface area contributed by atoms with Crippen LogP contribution in [0.1, 0.15) is 47.0 Å². The van der Waals surface area contributed by atoms with E-state index in [0.717, 1.165) is 6.42 Å². The van der Waals surface area contributed by atoms with E-state index < -0.39 is 5.92 Å². The third-order valence-corrected chi connectivity index (χ3v) is 2.81. The number of carbonyl (C=O) groups is 2. The molecule has 0 aliphatic carbocycles. The zero-order valence-corrected chi connectivity index (χ0v) is 10.6. The molecule has 0 N–H and O–H groups in total. The van der Waals surface area contributed by atoms with Gasteiger partial charge in [-0.05, 0) is 31.1 Å². The maximum Gasteiger partial charge on any atom is 0.257 e. The van der Waals surface area contributed by atoms with Crippen LogP contribution in [0, 0.1) is 17.8 Å². The van der Waals surface area contributed by atoms with Crippen molar-refractivity contribution >= 4 is 17.4 Å². The Morgan fingerprint density at radius 3 is 2.25 bits per heavy atom. The maximum atomic E-state index is 11.9. The van der Waals surface area contributed by atoms with Gasteiger partial charge in [-0.2, -0.15) is 0 Å². The van der Waals surface area contributed by atoms with E-state index >= 15 is 0 Å². The molecule has 0 spiro atoms. The van der Waals surface area contributed by atoms with Gasteiger partial charge in [0.25, 0.3) is 5.91 Å². The van der Waals surface area contributed by atoms with Crippen molar-refractivity contribution in [2.45, 2.75) is 47.0 Å². The Morgan fingerprint density at radius 1 is 1.12 bits per heavy atom. The molecule has 3 heteroatoms. The lowest BCUT2D eigenvalue weighted by atomic mass is 9.91. The Morgan fingerprint density at radius 2 is 1.75 bits per heavy atom. The molecule has 3 nitrogen and oxygen atoms in total. The number of hydrogen-bond donors (Lipinski definition) is 0. The molecule has 0 fully saturated rings. The minimum absolute atomic E-state index is 0.0284. The molecular weight excluding hydrogens is 202 g/mol. The van der Waals surface area contributed by atoms with Gasteiger partial charge in [0.2, 0.25) is 0 Å². The summed E-state index contributed by atoms with van der Waals surface area (Å²) in [6, 6.07) is 0. The molecule has 1 unspecified atom stereocenters. The predicted molar refractivity (Wildman–Crippen MR) is 64.5 cm³/mol. The van der Waals surface area contributed by atoms with Crippen LogP contribution in [0.5, 0.6) is 0 Å². The zero-order chi connectivity index (χ0) is 12.3. The van der Waals surface area contributed by atoms with Crippen molar-refractivity contribution in [2.24, 2.45) is 22.7 Å². The first-order valence-corrected chi connectivity index (χ1v) is 6.07. The molecule has 16 heavy (non-hydrogen) atoms. The SMILES string of the molecule is CC(C)CCC1=NC(=O)C(CC(C)C)C1=O. The lowest BCUT2D eigenvalue weighted by molar-refractivity contribution is -0.127. The third kappa shape index (κ3) is 3.26. The summed E-state index contributed by atoms with van der Waals surface area (Å²) in [6.07, 6.45) is 2.20. The highest BCUT2D eigenvalue weighted by molar-refractivity contribution is 6.49. The van der Waals surface area contributed by atoms with Crippen molar-refractivity contribution in [2.75, 3.05) is 0 Å². The average molecular weight is 223 g/mol. The molecule has 0 bridgehead atoms. The molecule has 1 rings (SSSR count). The number of aliphatic imine (C=N–C) groups is 1. The second-order valence-electron chi connectivity index (χ2n) is 5.38. The molecule has 0 saturated heterocycles. The summed E-state index contributed by atoms with van der Waals surface area (Å²) in [6.45, 7) is 8.25. The van der Waals surface area contributed by atoms with Crippen LogP contribution in [0.25, 0.3) is 0 Å². The number of rotatable bonds is 5. The largest absolute Gasteiger partial charge is 0.292 e. The summed E-state index contributed by atoms with van der Waals surface area (Å²) in [5, 5.41) is 0. The van der Waals surface area contributed by atoms with Crippen molar-refractivity contribution in [1.82, 2.24) is 0 Å². The van der Waals surface area contributed by atoms with Crippen molar-refractivity contribution in [3.63, 3.8) is 0 Å². The zero-order valence-electron chi connectivity index (χ0n) is 10.6. The first kappa shape index (κ1) is 13.1. The first-order chi connectivity index (χ1) is 7.41. The van der Waals surface area contributed by atoms with E-state index in [9.17, 15) is 9.59 Å². The van der Waals surface area contributed by atoms with Crippen LogP contribution in [0.2, 0.25) is 0 Å². The van der Waals surface area contributed by atoms with E-state index in [1.807, 2.05) is 13.8 Å². The molecule has 0 saturated carbocycles. The van der Waals surface area contributed by atoms with Crippen LogP contribution in [-0.4, -0.2) is 17.4 Å². The monoisotopic (exact) mass is 223 g/mol. The predicted octanol–water partition coefficient (Wildman–Crippen LogP) is 2.64. The fourth-order valence-electron chi connectivity index (χ4n) is 1.86. The molecule has 1 heterocycles. The van der Waals surface area contributed by atoms with Crippen LogP contribution in [0.4, 0.5) is 0 Å². The van der Waals surface area contributed by atoms with E-state index in [1.165, 1.54) is 0 Å². The van der Waals surface area contributed by atoms with Gasteiger partial charge in [-0.15, -0.1) is 0 Å². The first-order valence-electron chi connectivity index (χ1n) is 6.07. The molecule has 1 aliphatic heterocycles. The fraction of sp³-hybridized carbons (Fsp3) is 0.769. The van der Waals surface area contributed by atoms with Gasteiger partial charge in [0.15, 0.2) is 5.78 Å². The summed E-state index contributed by atoms with van der Waals surface area (Å²) >= 11 is 0. The smallest absolute Gasteiger partial charge is 0.257 e. The summed E-state index contributed by atoms with van der Waals surface area (Å²) < 4.78 is 0. The Labute approximate surface area is 97.3 Å².